The number of carbonyl (C=O) groups is 2. The van der Waals surface area contributed by atoms with Gasteiger partial charge >= 0.3 is 6.03 Å². The molecule has 1 fully saturated rings. The minimum Gasteiger partial charge on any atom is -0.340 e. The molecular weight excluding hydrogens is 342 g/mol. The summed E-state index contributed by atoms with van der Waals surface area (Å²) in [5.74, 6) is 0.710. The van der Waals surface area contributed by atoms with Gasteiger partial charge in [-0.05, 0) is 24.5 Å². The van der Waals surface area contributed by atoms with Crippen molar-refractivity contribution in [3.63, 3.8) is 0 Å². The minimum atomic E-state index is -0.114. The number of aryl methyl sites for hydroxylation is 1. The van der Waals surface area contributed by atoms with Crippen LogP contribution in [0.25, 0.3) is 5.65 Å². The summed E-state index contributed by atoms with van der Waals surface area (Å²) in [5.41, 5.74) is 2.86. The summed E-state index contributed by atoms with van der Waals surface area (Å²) in [6, 6.07) is 3.85. The van der Waals surface area contributed by atoms with Crippen molar-refractivity contribution in [3.8, 4) is 0 Å². The number of nitrogens with zero attached hydrogens (tertiary/aromatic N) is 4. The molecule has 27 heavy (non-hydrogen) atoms. The normalized spacial score (nSPS) is 19.7. The molecule has 0 saturated carbocycles. The van der Waals surface area contributed by atoms with Crippen molar-refractivity contribution < 1.29 is 9.59 Å². The van der Waals surface area contributed by atoms with Gasteiger partial charge in [-0.15, -0.1) is 0 Å². The van der Waals surface area contributed by atoms with E-state index in [0.717, 1.165) is 16.9 Å². The zero-order chi connectivity index (χ0) is 19.7. The predicted octanol–water partition coefficient (Wildman–Crippen LogP) is 1.94. The molecule has 2 aromatic rings. The number of pyridine rings is 1. The van der Waals surface area contributed by atoms with Gasteiger partial charge in [-0.1, -0.05) is 19.9 Å². The van der Waals surface area contributed by atoms with Crippen molar-refractivity contribution in [2.75, 3.05) is 27.2 Å². The Morgan fingerprint density at radius 3 is 2.74 bits per heavy atom. The Morgan fingerprint density at radius 1 is 1.33 bits per heavy atom. The average Bonchev–Trinajstić information content (AvgIpc) is 3.20. The van der Waals surface area contributed by atoms with Crippen LogP contribution >= 0.6 is 0 Å². The first-order valence-electron chi connectivity index (χ1n) is 9.45. The van der Waals surface area contributed by atoms with E-state index in [-0.39, 0.29) is 23.9 Å². The molecule has 0 bridgehead atoms. The molecule has 7 nitrogen and oxygen atoms in total. The summed E-state index contributed by atoms with van der Waals surface area (Å²) in [6.07, 6.45) is 4.03. The van der Waals surface area contributed by atoms with Crippen LogP contribution in [0.5, 0.6) is 0 Å². The van der Waals surface area contributed by atoms with Crippen LogP contribution in [0.2, 0.25) is 0 Å². The highest BCUT2D eigenvalue weighted by atomic mass is 16.2. The van der Waals surface area contributed by atoms with Gasteiger partial charge < -0.3 is 19.5 Å². The molecule has 0 unspecified atom stereocenters. The number of hydrogen-bond donors (Lipinski definition) is 1. The fourth-order valence-corrected chi connectivity index (χ4v) is 3.75. The van der Waals surface area contributed by atoms with E-state index in [1.54, 1.807) is 20.3 Å². The second-order valence-corrected chi connectivity index (χ2v) is 7.97. The van der Waals surface area contributed by atoms with E-state index in [1.807, 2.05) is 34.6 Å². The van der Waals surface area contributed by atoms with Crippen molar-refractivity contribution in [3.05, 3.63) is 35.8 Å². The van der Waals surface area contributed by atoms with Gasteiger partial charge in [0, 0.05) is 45.5 Å². The van der Waals surface area contributed by atoms with Crippen LogP contribution in [0.3, 0.4) is 0 Å². The zero-order valence-electron chi connectivity index (χ0n) is 16.8. The third-order valence-electron chi connectivity index (χ3n) is 5.43. The first kappa shape index (κ1) is 19.2. The second kappa shape index (κ2) is 7.58. The minimum absolute atomic E-state index is 0.0201. The topological polar surface area (TPSA) is 70.0 Å². The lowest BCUT2D eigenvalue weighted by atomic mass is 9.91. The zero-order valence-corrected chi connectivity index (χ0v) is 16.8. The smallest absolute Gasteiger partial charge is 0.317 e. The third-order valence-corrected chi connectivity index (χ3v) is 5.43. The van der Waals surface area contributed by atoms with Crippen LogP contribution in [0.1, 0.15) is 25.1 Å². The van der Waals surface area contributed by atoms with E-state index in [9.17, 15) is 9.59 Å². The number of fused-ring (bicyclic) bond motifs is 1. The molecule has 0 aromatic carbocycles. The van der Waals surface area contributed by atoms with Gasteiger partial charge in [0.15, 0.2) is 0 Å². The Hall–Kier alpha value is -2.57. The van der Waals surface area contributed by atoms with Crippen molar-refractivity contribution in [2.24, 2.45) is 11.8 Å². The molecule has 0 aliphatic carbocycles. The predicted molar refractivity (Wildman–Crippen MR) is 105 cm³/mol. The molecule has 1 saturated heterocycles. The quantitative estimate of drug-likeness (QED) is 0.893. The van der Waals surface area contributed by atoms with E-state index < -0.39 is 0 Å². The molecule has 0 spiro atoms. The summed E-state index contributed by atoms with van der Waals surface area (Å²) in [5, 5.41) is 3.07. The number of likely N-dealkylation sites (tertiary alicyclic amines) is 1. The summed E-state index contributed by atoms with van der Waals surface area (Å²) in [7, 11) is 3.45. The van der Waals surface area contributed by atoms with Gasteiger partial charge in [0.25, 0.3) is 0 Å². The van der Waals surface area contributed by atoms with Crippen LogP contribution in [-0.2, 0) is 11.2 Å². The SMILES string of the molecule is Cc1cccn2c(CC(=O)N3C[C@@H](NC(=O)N(C)C)[C@H](C(C)C)C3)cnc12. The lowest BCUT2D eigenvalue weighted by molar-refractivity contribution is -0.129. The number of aromatic nitrogens is 2. The van der Waals surface area contributed by atoms with Gasteiger partial charge in [0.05, 0.1) is 18.2 Å². The molecule has 7 heteroatoms. The number of imidazole rings is 1. The highest BCUT2D eigenvalue weighted by Crippen LogP contribution is 2.25. The fourth-order valence-electron chi connectivity index (χ4n) is 3.75. The summed E-state index contributed by atoms with van der Waals surface area (Å²) in [6.45, 7) is 7.52. The Labute approximate surface area is 160 Å². The molecule has 2 aromatic heterocycles. The van der Waals surface area contributed by atoms with Crippen LogP contribution in [0, 0.1) is 18.8 Å². The molecule has 3 heterocycles. The van der Waals surface area contributed by atoms with Gasteiger partial charge in [-0.25, -0.2) is 9.78 Å². The van der Waals surface area contributed by atoms with E-state index in [2.05, 4.69) is 24.1 Å². The van der Waals surface area contributed by atoms with Crippen molar-refractivity contribution in [1.82, 2.24) is 24.5 Å². The molecule has 3 rings (SSSR count). The Kier molecular flexibility index (Phi) is 5.39. The Morgan fingerprint density at radius 2 is 2.07 bits per heavy atom. The summed E-state index contributed by atoms with van der Waals surface area (Å²) in [4.78, 5) is 32.9. The molecule has 146 valence electrons. The van der Waals surface area contributed by atoms with Crippen LogP contribution in [-0.4, -0.2) is 64.3 Å². The number of hydrogen-bond acceptors (Lipinski definition) is 3. The van der Waals surface area contributed by atoms with Gasteiger partial charge in [0.2, 0.25) is 5.91 Å². The van der Waals surface area contributed by atoms with Gasteiger partial charge in [0.1, 0.15) is 5.65 Å². The molecule has 1 N–H and O–H groups in total. The monoisotopic (exact) mass is 371 g/mol. The van der Waals surface area contributed by atoms with Crippen molar-refractivity contribution >= 4 is 17.6 Å². The lowest BCUT2D eigenvalue weighted by Gasteiger charge is -2.24. The maximum Gasteiger partial charge on any atom is 0.317 e. The molecule has 0 radical (unpaired) electrons. The first-order valence-corrected chi connectivity index (χ1v) is 9.45. The molecule has 1 aliphatic heterocycles. The third kappa shape index (κ3) is 3.91. The van der Waals surface area contributed by atoms with E-state index in [4.69, 9.17) is 0 Å². The standard InChI is InChI=1S/C20H29N5O2/c1-13(2)16-11-24(12-17(16)22-20(27)23(4)5)18(26)9-15-10-21-19-14(3)7-6-8-25(15)19/h6-8,10,13,16-17H,9,11-12H2,1-5H3,(H,22,27)/t16-,17+/m0/s1. The lowest BCUT2D eigenvalue weighted by Crippen LogP contribution is -2.46. The highest BCUT2D eigenvalue weighted by Gasteiger charge is 2.38. The van der Waals surface area contributed by atoms with Crippen molar-refractivity contribution in [1.29, 1.82) is 0 Å². The summed E-state index contributed by atoms with van der Waals surface area (Å²) < 4.78 is 1.98. The Balaban J connectivity index is 1.72. The Bertz CT molecular complexity index is 842. The van der Waals surface area contributed by atoms with Crippen LogP contribution < -0.4 is 5.32 Å². The largest absolute Gasteiger partial charge is 0.340 e. The van der Waals surface area contributed by atoms with Crippen LogP contribution in [0.15, 0.2) is 24.5 Å². The first-order chi connectivity index (χ1) is 12.8. The number of rotatable bonds is 4. The van der Waals surface area contributed by atoms with Gasteiger partial charge in [-0.2, -0.15) is 0 Å². The van der Waals surface area contributed by atoms with E-state index in [0.29, 0.717) is 25.4 Å². The maximum atomic E-state index is 12.9. The van der Waals surface area contributed by atoms with E-state index >= 15 is 0 Å². The fraction of sp³-hybridized carbons (Fsp3) is 0.550. The second-order valence-electron chi connectivity index (χ2n) is 7.97. The maximum absolute atomic E-state index is 12.9. The number of amides is 3. The van der Waals surface area contributed by atoms with Crippen LogP contribution in [0.4, 0.5) is 4.79 Å². The number of carbonyl (C=O) groups excluding carboxylic acids is 2. The van der Waals surface area contributed by atoms with Crippen molar-refractivity contribution in [2.45, 2.75) is 33.2 Å². The number of urea groups is 1. The molecule has 2 atom stereocenters. The van der Waals surface area contributed by atoms with Gasteiger partial charge in [-0.3, -0.25) is 4.79 Å². The molecule has 3 amide bonds. The average molecular weight is 371 g/mol. The highest BCUT2D eigenvalue weighted by molar-refractivity contribution is 5.79. The molecule has 1 aliphatic rings. The molecular formula is C20H29N5O2. The van der Waals surface area contributed by atoms with E-state index in [1.165, 1.54) is 4.90 Å². The number of nitrogens with one attached hydrogen (secondary N) is 1. The summed E-state index contributed by atoms with van der Waals surface area (Å²) >= 11 is 0.